The number of anilines is 1. The SMILES string of the molecule is CC(C)OC(=O)[C@H](C)NP(=O)(CO[C@@H]1C[C@@H](O)[C@H](n2cnc3c(=O)[nH]c(N)nc32)C1)N[C@@H](C)C(=O)OC(C)C. The Morgan fingerprint density at radius 3 is 2.23 bits per heavy atom. The second-order valence-electron chi connectivity index (χ2n) is 10.2. The zero-order valence-corrected chi connectivity index (χ0v) is 23.8. The number of aromatic nitrogens is 4. The lowest BCUT2D eigenvalue weighted by Gasteiger charge is -2.28. The number of nitrogens with two attached hydrogens (primary N) is 1. The van der Waals surface area contributed by atoms with Gasteiger partial charge in [0.1, 0.15) is 18.4 Å². The number of nitrogens with zero attached hydrogens (tertiary/aromatic N) is 3. The number of hydrogen-bond acceptors (Lipinski definition) is 11. The number of carbonyl (C=O) groups is 2. The lowest BCUT2D eigenvalue weighted by atomic mass is 10.2. The maximum absolute atomic E-state index is 13.9. The highest BCUT2D eigenvalue weighted by Crippen LogP contribution is 2.41. The number of H-pyrrole nitrogens is 1. The van der Waals surface area contributed by atoms with Crippen LogP contribution in [-0.2, 0) is 28.4 Å². The number of ether oxygens (including phenoxy) is 3. The number of nitrogen functional groups attached to an aromatic ring is 1. The number of imidazole rings is 1. The molecule has 0 spiro atoms. The molecular formula is C23H38N7O8P. The van der Waals surface area contributed by atoms with Gasteiger partial charge in [0.2, 0.25) is 13.4 Å². The Kier molecular flexibility index (Phi) is 9.88. The van der Waals surface area contributed by atoms with E-state index >= 15 is 0 Å². The topological polar surface area (TPSA) is 213 Å². The molecule has 0 saturated heterocycles. The van der Waals surface area contributed by atoms with Crippen LogP contribution in [0, 0.1) is 0 Å². The summed E-state index contributed by atoms with van der Waals surface area (Å²) in [6.07, 6.45) is -0.685. The van der Waals surface area contributed by atoms with E-state index in [2.05, 4.69) is 25.1 Å². The molecule has 5 atom stereocenters. The Balaban J connectivity index is 1.74. The molecule has 15 nitrogen and oxygen atoms in total. The van der Waals surface area contributed by atoms with Crippen molar-refractivity contribution < 1.29 is 33.5 Å². The molecule has 2 aromatic rings. The van der Waals surface area contributed by atoms with Crippen molar-refractivity contribution >= 4 is 36.5 Å². The third kappa shape index (κ3) is 7.85. The van der Waals surface area contributed by atoms with Gasteiger partial charge in [-0.1, -0.05) is 0 Å². The van der Waals surface area contributed by atoms with Gasteiger partial charge in [-0.15, -0.1) is 0 Å². The molecule has 1 aliphatic carbocycles. The fourth-order valence-corrected chi connectivity index (χ4v) is 6.40. The van der Waals surface area contributed by atoms with Crippen molar-refractivity contribution in [3.05, 3.63) is 16.7 Å². The van der Waals surface area contributed by atoms with Gasteiger partial charge in [0.25, 0.3) is 5.56 Å². The number of rotatable bonds is 12. The molecule has 0 unspecified atom stereocenters. The van der Waals surface area contributed by atoms with Crippen LogP contribution in [0.5, 0.6) is 0 Å². The number of esters is 2. The summed E-state index contributed by atoms with van der Waals surface area (Å²) in [6, 6.07) is -2.48. The Morgan fingerprint density at radius 2 is 1.69 bits per heavy atom. The van der Waals surface area contributed by atoms with Gasteiger partial charge in [0, 0.05) is 6.42 Å². The predicted octanol–water partition coefficient (Wildman–Crippen LogP) is 0.793. The van der Waals surface area contributed by atoms with E-state index in [9.17, 15) is 24.1 Å². The van der Waals surface area contributed by atoms with Crippen molar-refractivity contribution in [2.45, 2.75) is 96.9 Å². The molecule has 1 fully saturated rings. The van der Waals surface area contributed by atoms with Crippen LogP contribution in [0.15, 0.2) is 11.1 Å². The van der Waals surface area contributed by atoms with Crippen molar-refractivity contribution in [2.75, 3.05) is 12.1 Å². The lowest BCUT2D eigenvalue weighted by Crippen LogP contribution is -2.43. The van der Waals surface area contributed by atoms with Gasteiger partial charge >= 0.3 is 11.9 Å². The van der Waals surface area contributed by atoms with Gasteiger partial charge in [0.15, 0.2) is 11.2 Å². The third-order valence-corrected chi connectivity index (χ3v) is 8.09. The minimum atomic E-state index is -3.73. The van der Waals surface area contributed by atoms with Gasteiger partial charge in [-0.3, -0.25) is 23.9 Å². The molecule has 218 valence electrons. The molecule has 39 heavy (non-hydrogen) atoms. The molecular weight excluding hydrogens is 533 g/mol. The summed E-state index contributed by atoms with van der Waals surface area (Å²) in [5, 5.41) is 16.3. The average Bonchev–Trinajstić information content (AvgIpc) is 3.39. The number of aliphatic hydroxyl groups is 1. The molecule has 6 N–H and O–H groups in total. The molecule has 3 rings (SSSR count). The summed E-state index contributed by atoms with van der Waals surface area (Å²) in [5.41, 5.74) is 5.50. The van der Waals surface area contributed by atoms with E-state index < -0.39 is 61.6 Å². The van der Waals surface area contributed by atoms with E-state index in [1.807, 2.05) is 0 Å². The second kappa shape index (κ2) is 12.6. The van der Waals surface area contributed by atoms with Crippen molar-refractivity contribution in [1.82, 2.24) is 29.7 Å². The molecule has 0 aromatic carbocycles. The Labute approximate surface area is 225 Å². The molecule has 16 heteroatoms. The minimum absolute atomic E-state index is 0.0807. The fourth-order valence-electron chi connectivity index (χ4n) is 4.29. The summed E-state index contributed by atoms with van der Waals surface area (Å²) < 4.78 is 31.8. The molecule has 2 heterocycles. The monoisotopic (exact) mass is 571 g/mol. The smallest absolute Gasteiger partial charge is 0.323 e. The van der Waals surface area contributed by atoms with E-state index in [0.29, 0.717) is 0 Å². The molecule has 0 aliphatic heterocycles. The van der Waals surface area contributed by atoms with E-state index in [-0.39, 0.29) is 42.2 Å². The van der Waals surface area contributed by atoms with Gasteiger partial charge in [-0.2, -0.15) is 4.98 Å². The van der Waals surface area contributed by atoms with Crippen molar-refractivity contribution in [1.29, 1.82) is 0 Å². The number of hydrogen-bond donors (Lipinski definition) is 5. The van der Waals surface area contributed by atoms with Gasteiger partial charge < -0.3 is 29.6 Å². The first-order valence-electron chi connectivity index (χ1n) is 12.8. The predicted molar refractivity (Wildman–Crippen MR) is 142 cm³/mol. The zero-order valence-electron chi connectivity index (χ0n) is 22.9. The molecule has 2 aromatic heterocycles. The Bertz CT molecular complexity index is 1240. The first kappa shape index (κ1) is 30.7. The van der Waals surface area contributed by atoms with Gasteiger partial charge in [-0.05, 0) is 48.0 Å². The highest BCUT2D eigenvalue weighted by atomic mass is 31.2. The molecule has 1 saturated carbocycles. The van der Waals surface area contributed by atoms with Crippen molar-refractivity contribution in [3.63, 3.8) is 0 Å². The van der Waals surface area contributed by atoms with Crippen LogP contribution in [0.2, 0.25) is 0 Å². The van der Waals surface area contributed by atoms with Crippen LogP contribution in [0.3, 0.4) is 0 Å². The van der Waals surface area contributed by atoms with Crippen molar-refractivity contribution in [3.8, 4) is 0 Å². The van der Waals surface area contributed by atoms with Crippen LogP contribution in [0.4, 0.5) is 5.95 Å². The number of aliphatic hydroxyl groups excluding tert-OH is 1. The van der Waals surface area contributed by atoms with Crippen LogP contribution >= 0.6 is 7.44 Å². The van der Waals surface area contributed by atoms with Crippen LogP contribution in [-0.4, -0.2) is 79.4 Å². The third-order valence-electron chi connectivity index (χ3n) is 5.97. The van der Waals surface area contributed by atoms with Crippen LogP contribution < -0.4 is 21.5 Å². The number of aromatic amines is 1. The minimum Gasteiger partial charge on any atom is -0.462 e. The highest BCUT2D eigenvalue weighted by molar-refractivity contribution is 7.59. The zero-order chi connectivity index (χ0) is 29.1. The van der Waals surface area contributed by atoms with Gasteiger partial charge in [0.05, 0.1) is 36.8 Å². The summed E-state index contributed by atoms with van der Waals surface area (Å²) in [5.74, 6) is -1.31. The Hall–Kier alpha value is -2.84. The average molecular weight is 572 g/mol. The van der Waals surface area contributed by atoms with E-state index in [0.717, 1.165) is 0 Å². The summed E-state index contributed by atoms with van der Waals surface area (Å²) in [7, 11) is -3.73. The van der Waals surface area contributed by atoms with Gasteiger partial charge in [-0.25, -0.2) is 15.2 Å². The standard InChI is InChI=1S/C23H38N7O8P/c1-11(2)37-21(33)13(5)28-39(35,29-14(6)22(34)38-12(3)4)10-36-15-7-16(17(31)8-15)30-9-25-18-19(30)26-23(24)27-20(18)32/h9,11-17,31H,7-8,10H2,1-6H3,(H2,28,29,35)(H3,24,26,27,32)/t13-,14-,15-,16+,17+/m0/s1. The molecule has 0 amide bonds. The molecule has 0 radical (unpaired) electrons. The van der Waals surface area contributed by atoms with E-state index in [1.165, 1.54) is 20.2 Å². The van der Waals surface area contributed by atoms with E-state index in [4.69, 9.17) is 19.9 Å². The maximum Gasteiger partial charge on any atom is 0.323 e. The summed E-state index contributed by atoms with van der Waals surface area (Å²) >= 11 is 0. The number of carbonyl (C=O) groups excluding carboxylic acids is 2. The summed E-state index contributed by atoms with van der Waals surface area (Å²) in [4.78, 5) is 47.5. The lowest BCUT2D eigenvalue weighted by molar-refractivity contribution is -0.149. The fraction of sp³-hybridized carbons (Fsp3) is 0.696. The highest BCUT2D eigenvalue weighted by Gasteiger charge is 2.39. The quantitative estimate of drug-likeness (QED) is 0.176. The number of nitrogens with one attached hydrogen (secondary N) is 3. The first-order valence-corrected chi connectivity index (χ1v) is 14.7. The normalized spacial score (nSPS) is 21.4. The largest absolute Gasteiger partial charge is 0.462 e. The first-order chi connectivity index (χ1) is 18.2. The van der Waals surface area contributed by atoms with Crippen LogP contribution in [0.25, 0.3) is 11.2 Å². The van der Waals surface area contributed by atoms with E-state index in [1.54, 1.807) is 32.3 Å². The molecule has 0 bridgehead atoms. The Morgan fingerprint density at radius 1 is 1.13 bits per heavy atom. The summed E-state index contributed by atoms with van der Waals surface area (Å²) in [6.45, 7) is 9.77. The maximum atomic E-state index is 13.9. The molecule has 1 aliphatic rings. The van der Waals surface area contributed by atoms with Crippen molar-refractivity contribution in [2.24, 2.45) is 0 Å². The number of fused-ring (bicyclic) bond motifs is 1. The second-order valence-corrected chi connectivity index (χ2v) is 12.5. The van der Waals surface area contributed by atoms with Crippen LogP contribution in [0.1, 0.15) is 60.4 Å².